The molecule has 1 amide bonds. The summed E-state index contributed by atoms with van der Waals surface area (Å²) in [5, 5.41) is 0. The lowest BCUT2D eigenvalue weighted by atomic mass is 10.2. The third-order valence-corrected chi connectivity index (χ3v) is 3.26. The van der Waals surface area contributed by atoms with Crippen LogP contribution in [0, 0.1) is 0 Å². The number of amides is 1. The molecule has 1 aromatic heterocycles. The van der Waals surface area contributed by atoms with Crippen LogP contribution in [-0.4, -0.2) is 41.7 Å². The first kappa shape index (κ1) is 15.6. The van der Waals surface area contributed by atoms with Crippen molar-refractivity contribution in [1.29, 1.82) is 0 Å². The van der Waals surface area contributed by atoms with Crippen molar-refractivity contribution in [3.8, 4) is 5.88 Å². The van der Waals surface area contributed by atoms with E-state index in [1.54, 1.807) is 4.90 Å². The topological polar surface area (TPSA) is 42.4 Å². The molecule has 0 bridgehead atoms. The minimum absolute atomic E-state index is 0.133. The number of aromatic nitrogens is 1. The summed E-state index contributed by atoms with van der Waals surface area (Å²) in [5.41, 5.74) is 0.372. The SMILES string of the molecule is O=C(c1ccc(OCC(F)(F)F)nc1)N1CCCCCC1. The average Bonchev–Trinajstić information content (AvgIpc) is 2.73. The van der Waals surface area contributed by atoms with Crippen LogP contribution in [0.5, 0.6) is 5.88 Å². The Labute approximate surface area is 120 Å². The minimum Gasteiger partial charge on any atom is -0.468 e. The Hall–Kier alpha value is -1.79. The van der Waals surface area contributed by atoms with E-state index in [9.17, 15) is 18.0 Å². The van der Waals surface area contributed by atoms with Gasteiger partial charge in [0.1, 0.15) is 0 Å². The lowest BCUT2D eigenvalue weighted by Gasteiger charge is -2.20. The number of alkyl halides is 3. The van der Waals surface area contributed by atoms with Crippen LogP contribution in [0.15, 0.2) is 18.3 Å². The molecule has 0 N–H and O–H groups in total. The Morgan fingerprint density at radius 3 is 2.38 bits per heavy atom. The fraction of sp³-hybridized carbons (Fsp3) is 0.571. The van der Waals surface area contributed by atoms with Crippen molar-refractivity contribution < 1.29 is 22.7 Å². The van der Waals surface area contributed by atoms with Crippen LogP contribution in [0.4, 0.5) is 13.2 Å². The van der Waals surface area contributed by atoms with Gasteiger partial charge in [-0.1, -0.05) is 12.8 Å². The quantitative estimate of drug-likeness (QED) is 0.862. The van der Waals surface area contributed by atoms with Crippen molar-refractivity contribution in [2.75, 3.05) is 19.7 Å². The second kappa shape index (κ2) is 6.78. The lowest BCUT2D eigenvalue weighted by molar-refractivity contribution is -0.154. The van der Waals surface area contributed by atoms with Gasteiger partial charge in [-0.15, -0.1) is 0 Å². The highest BCUT2D eigenvalue weighted by molar-refractivity contribution is 5.94. The van der Waals surface area contributed by atoms with E-state index in [4.69, 9.17) is 0 Å². The highest BCUT2D eigenvalue weighted by atomic mass is 19.4. The number of nitrogens with zero attached hydrogens (tertiary/aromatic N) is 2. The maximum absolute atomic E-state index is 12.2. The van der Waals surface area contributed by atoms with Crippen molar-refractivity contribution in [3.05, 3.63) is 23.9 Å². The Morgan fingerprint density at radius 1 is 1.19 bits per heavy atom. The van der Waals surface area contributed by atoms with Gasteiger partial charge in [-0.05, 0) is 18.9 Å². The molecule has 2 rings (SSSR count). The number of rotatable bonds is 3. The second-order valence-corrected chi connectivity index (χ2v) is 5.00. The van der Waals surface area contributed by atoms with Gasteiger partial charge in [0.05, 0.1) is 5.56 Å². The van der Waals surface area contributed by atoms with Gasteiger partial charge in [0, 0.05) is 25.4 Å². The van der Waals surface area contributed by atoms with Gasteiger partial charge in [0.25, 0.3) is 5.91 Å². The fourth-order valence-electron chi connectivity index (χ4n) is 2.20. The first-order valence-electron chi connectivity index (χ1n) is 6.90. The summed E-state index contributed by atoms with van der Waals surface area (Å²) >= 11 is 0. The molecule has 0 unspecified atom stereocenters. The zero-order valence-corrected chi connectivity index (χ0v) is 11.5. The van der Waals surface area contributed by atoms with E-state index in [1.165, 1.54) is 18.3 Å². The standard InChI is InChI=1S/C14H17F3N2O2/c15-14(16,17)10-21-12-6-5-11(9-18-12)13(20)19-7-3-1-2-4-8-19/h5-6,9H,1-4,7-8,10H2. The molecule has 2 heterocycles. The van der Waals surface area contributed by atoms with Crippen molar-refractivity contribution in [1.82, 2.24) is 9.88 Å². The lowest BCUT2D eigenvalue weighted by Crippen LogP contribution is -2.31. The number of likely N-dealkylation sites (tertiary alicyclic amines) is 1. The van der Waals surface area contributed by atoms with Crippen LogP contribution in [-0.2, 0) is 0 Å². The third-order valence-electron chi connectivity index (χ3n) is 3.26. The predicted octanol–water partition coefficient (Wildman–Crippen LogP) is 3.04. The zero-order chi connectivity index (χ0) is 15.3. The van der Waals surface area contributed by atoms with Crippen molar-refractivity contribution in [3.63, 3.8) is 0 Å². The van der Waals surface area contributed by atoms with Crippen molar-refractivity contribution >= 4 is 5.91 Å². The number of hydrogen-bond donors (Lipinski definition) is 0. The molecule has 0 aliphatic carbocycles. The summed E-state index contributed by atoms with van der Waals surface area (Å²) in [6.07, 6.45) is 1.05. The van der Waals surface area contributed by atoms with Gasteiger partial charge < -0.3 is 9.64 Å². The van der Waals surface area contributed by atoms with Crippen molar-refractivity contribution in [2.45, 2.75) is 31.9 Å². The summed E-state index contributed by atoms with van der Waals surface area (Å²) in [7, 11) is 0. The number of carbonyl (C=O) groups is 1. The Balaban J connectivity index is 1.96. The van der Waals surface area contributed by atoms with Crippen LogP contribution >= 0.6 is 0 Å². The number of hydrogen-bond acceptors (Lipinski definition) is 3. The molecule has 0 saturated carbocycles. The van der Waals surface area contributed by atoms with Crippen molar-refractivity contribution in [2.24, 2.45) is 0 Å². The minimum atomic E-state index is -4.40. The molecule has 1 aromatic rings. The Bertz CT molecular complexity index is 466. The average molecular weight is 302 g/mol. The normalized spacial score (nSPS) is 16.4. The molecular weight excluding hydrogens is 285 g/mol. The highest BCUT2D eigenvalue weighted by Crippen LogP contribution is 2.18. The summed E-state index contributed by atoms with van der Waals surface area (Å²) in [5.74, 6) is -0.272. The van der Waals surface area contributed by atoms with Crippen LogP contribution in [0.3, 0.4) is 0 Å². The van der Waals surface area contributed by atoms with E-state index < -0.39 is 12.8 Å². The molecule has 21 heavy (non-hydrogen) atoms. The number of pyridine rings is 1. The van der Waals surface area contributed by atoms with Crippen LogP contribution < -0.4 is 4.74 Å². The molecule has 1 aliphatic rings. The fourth-order valence-corrected chi connectivity index (χ4v) is 2.20. The molecular formula is C14H17F3N2O2. The molecule has 116 valence electrons. The molecule has 1 aliphatic heterocycles. The maximum Gasteiger partial charge on any atom is 0.422 e. The number of ether oxygens (including phenoxy) is 1. The van der Waals surface area contributed by atoms with Gasteiger partial charge in [0.2, 0.25) is 5.88 Å². The van der Waals surface area contributed by atoms with E-state index in [0.29, 0.717) is 18.7 Å². The molecule has 4 nitrogen and oxygen atoms in total. The van der Waals surface area contributed by atoms with Gasteiger partial charge in [0.15, 0.2) is 6.61 Å². The van der Waals surface area contributed by atoms with Crippen LogP contribution in [0.2, 0.25) is 0 Å². The zero-order valence-electron chi connectivity index (χ0n) is 11.5. The summed E-state index contributed by atoms with van der Waals surface area (Å²) in [4.78, 5) is 17.8. The summed E-state index contributed by atoms with van der Waals surface area (Å²) in [6, 6.07) is 2.74. The second-order valence-electron chi connectivity index (χ2n) is 5.00. The highest BCUT2D eigenvalue weighted by Gasteiger charge is 2.28. The molecule has 0 atom stereocenters. The largest absolute Gasteiger partial charge is 0.468 e. The Kier molecular flexibility index (Phi) is 5.03. The summed E-state index contributed by atoms with van der Waals surface area (Å²) in [6.45, 7) is 0.0374. The van der Waals surface area contributed by atoms with Crippen LogP contribution in [0.25, 0.3) is 0 Å². The maximum atomic E-state index is 12.2. The van der Waals surface area contributed by atoms with E-state index in [0.717, 1.165) is 25.7 Å². The van der Waals surface area contributed by atoms with E-state index in [-0.39, 0.29) is 11.8 Å². The predicted molar refractivity (Wildman–Crippen MR) is 70.2 cm³/mol. The molecule has 0 aromatic carbocycles. The number of halogens is 3. The first-order valence-corrected chi connectivity index (χ1v) is 6.90. The van der Waals surface area contributed by atoms with Gasteiger partial charge in [-0.3, -0.25) is 4.79 Å². The summed E-state index contributed by atoms with van der Waals surface area (Å²) < 4.78 is 40.6. The first-order chi connectivity index (χ1) is 9.96. The molecule has 7 heteroatoms. The van der Waals surface area contributed by atoms with E-state index >= 15 is 0 Å². The molecule has 1 saturated heterocycles. The molecule has 0 radical (unpaired) electrons. The van der Waals surface area contributed by atoms with Gasteiger partial charge >= 0.3 is 6.18 Å². The van der Waals surface area contributed by atoms with E-state index in [1.807, 2.05) is 0 Å². The molecule has 0 spiro atoms. The molecule has 1 fully saturated rings. The smallest absolute Gasteiger partial charge is 0.422 e. The third kappa shape index (κ3) is 4.91. The van der Waals surface area contributed by atoms with Gasteiger partial charge in [-0.2, -0.15) is 13.2 Å². The van der Waals surface area contributed by atoms with Gasteiger partial charge in [-0.25, -0.2) is 4.98 Å². The Morgan fingerprint density at radius 2 is 1.86 bits per heavy atom. The monoisotopic (exact) mass is 302 g/mol. The van der Waals surface area contributed by atoms with E-state index in [2.05, 4.69) is 9.72 Å². The van der Waals surface area contributed by atoms with Crippen LogP contribution in [0.1, 0.15) is 36.0 Å². The number of carbonyl (C=O) groups excluding carboxylic acids is 1.